The summed E-state index contributed by atoms with van der Waals surface area (Å²) in [7, 11) is 0. The standard InChI is InChI=1S/C13H22N4O/c1-13(14,11-4-5-11)12(18)16-6-2-3-8-17-9-7-15-10-17/h7,9-11H,2-6,8,14H2,1H3,(H,16,18). The van der Waals surface area contributed by atoms with E-state index in [1.165, 1.54) is 0 Å². The number of aryl methyl sites for hydroxylation is 1. The van der Waals surface area contributed by atoms with E-state index in [9.17, 15) is 4.79 Å². The van der Waals surface area contributed by atoms with E-state index >= 15 is 0 Å². The molecule has 5 heteroatoms. The van der Waals surface area contributed by atoms with Gasteiger partial charge in [-0.2, -0.15) is 0 Å². The van der Waals surface area contributed by atoms with Crippen molar-refractivity contribution in [3.63, 3.8) is 0 Å². The molecule has 1 unspecified atom stereocenters. The second-order valence-electron chi connectivity index (χ2n) is 5.32. The third-order valence-corrected chi connectivity index (χ3v) is 3.60. The van der Waals surface area contributed by atoms with Crippen LogP contribution in [0.25, 0.3) is 0 Å². The largest absolute Gasteiger partial charge is 0.355 e. The normalized spacial score (nSPS) is 18.3. The molecule has 0 saturated heterocycles. The summed E-state index contributed by atoms with van der Waals surface area (Å²) in [5.41, 5.74) is 5.36. The smallest absolute Gasteiger partial charge is 0.240 e. The number of rotatable bonds is 7. The zero-order chi connectivity index (χ0) is 13.0. The predicted octanol–water partition coefficient (Wildman–Crippen LogP) is 0.907. The first kappa shape index (κ1) is 13.1. The molecule has 1 heterocycles. The van der Waals surface area contributed by atoms with Gasteiger partial charge in [-0.05, 0) is 38.5 Å². The van der Waals surface area contributed by atoms with Gasteiger partial charge in [0, 0.05) is 25.5 Å². The Kier molecular flexibility index (Phi) is 4.01. The lowest BCUT2D eigenvalue weighted by Gasteiger charge is -2.23. The number of nitrogens with two attached hydrogens (primary N) is 1. The minimum Gasteiger partial charge on any atom is -0.355 e. The van der Waals surface area contributed by atoms with E-state index in [0.29, 0.717) is 12.5 Å². The van der Waals surface area contributed by atoms with Crippen LogP contribution < -0.4 is 11.1 Å². The fourth-order valence-corrected chi connectivity index (χ4v) is 2.10. The average molecular weight is 250 g/mol. The highest BCUT2D eigenvalue weighted by molar-refractivity contribution is 5.86. The third kappa shape index (κ3) is 3.32. The van der Waals surface area contributed by atoms with Gasteiger partial charge in [-0.1, -0.05) is 0 Å². The zero-order valence-corrected chi connectivity index (χ0v) is 10.9. The highest BCUT2D eigenvalue weighted by Gasteiger charge is 2.43. The highest BCUT2D eigenvalue weighted by atomic mass is 16.2. The number of aromatic nitrogens is 2. The van der Waals surface area contributed by atoms with Gasteiger partial charge in [-0.3, -0.25) is 4.79 Å². The summed E-state index contributed by atoms with van der Waals surface area (Å²) in [6.07, 6.45) is 9.69. The maximum Gasteiger partial charge on any atom is 0.240 e. The maximum atomic E-state index is 11.9. The summed E-state index contributed by atoms with van der Waals surface area (Å²) in [5, 5.41) is 2.94. The molecule has 0 radical (unpaired) electrons. The van der Waals surface area contributed by atoms with Crippen molar-refractivity contribution in [1.29, 1.82) is 0 Å². The van der Waals surface area contributed by atoms with Crippen molar-refractivity contribution in [2.45, 2.75) is 44.7 Å². The fourth-order valence-electron chi connectivity index (χ4n) is 2.10. The Hall–Kier alpha value is -1.36. The van der Waals surface area contributed by atoms with Gasteiger partial charge >= 0.3 is 0 Å². The summed E-state index contributed by atoms with van der Waals surface area (Å²) in [6.45, 7) is 3.48. The molecule has 0 aromatic carbocycles. The first-order chi connectivity index (χ1) is 8.60. The molecular formula is C13H22N4O. The molecule has 1 saturated carbocycles. The van der Waals surface area contributed by atoms with E-state index in [1.54, 1.807) is 6.20 Å². The van der Waals surface area contributed by atoms with Crippen molar-refractivity contribution in [2.75, 3.05) is 6.54 Å². The molecule has 0 aliphatic heterocycles. The van der Waals surface area contributed by atoms with E-state index in [2.05, 4.69) is 10.3 Å². The maximum absolute atomic E-state index is 11.9. The lowest BCUT2D eigenvalue weighted by atomic mass is 9.96. The lowest BCUT2D eigenvalue weighted by Crippen LogP contribution is -2.53. The van der Waals surface area contributed by atoms with Gasteiger partial charge in [-0.15, -0.1) is 0 Å². The van der Waals surface area contributed by atoms with Crippen LogP contribution in [0, 0.1) is 5.92 Å². The van der Waals surface area contributed by atoms with Gasteiger partial charge in [0.1, 0.15) is 0 Å². The van der Waals surface area contributed by atoms with E-state index in [1.807, 2.05) is 24.0 Å². The Bertz CT molecular complexity index is 382. The average Bonchev–Trinajstić information content (AvgIpc) is 3.08. The van der Waals surface area contributed by atoms with Gasteiger partial charge in [0.2, 0.25) is 5.91 Å². The first-order valence-corrected chi connectivity index (χ1v) is 6.63. The van der Waals surface area contributed by atoms with Gasteiger partial charge in [0.15, 0.2) is 0 Å². The molecule has 1 fully saturated rings. The van der Waals surface area contributed by atoms with E-state index in [0.717, 1.165) is 32.2 Å². The number of carbonyl (C=O) groups is 1. The van der Waals surface area contributed by atoms with Crippen molar-refractivity contribution in [3.8, 4) is 0 Å². The molecule has 0 spiro atoms. The Morgan fingerprint density at radius 1 is 1.56 bits per heavy atom. The van der Waals surface area contributed by atoms with Gasteiger partial charge in [0.25, 0.3) is 0 Å². The lowest BCUT2D eigenvalue weighted by molar-refractivity contribution is -0.126. The van der Waals surface area contributed by atoms with Crippen LogP contribution in [0.3, 0.4) is 0 Å². The van der Waals surface area contributed by atoms with E-state index < -0.39 is 5.54 Å². The summed E-state index contributed by atoms with van der Waals surface area (Å²) in [4.78, 5) is 15.9. The Labute approximate surface area is 108 Å². The predicted molar refractivity (Wildman–Crippen MR) is 69.8 cm³/mol. The van der Waals surface area contributed by atoms with Crippen LogP contribution in [0.5, 0.6) is 0 Å². The van der Waals surface area contributed by atoms with Crippen molar-refractivity contribution in [1.82, 2.24) is 14.9 Å². The van der Waals surface area contributed by atoms with Crippen LogP contribution >= 0.6 is 0 Å². The molecule has 2 rings (SSSR count). The fraction of sp³-hybridized carbons (Fsp3) is 0.692. The minimum absolute atomic E-state index is 0.00682. The molecular weight excluding hydrogens is 228 g/mol. The van der Waals surface area contributed by atoms with Crippen LogP contribution in [-0.4, -0.2) is 27.5 Å². The van der Waals surface area contributed by atoms with Crippen molar-refractivity contribution >= 4 is 5.91 Å². The Morgan fingerprint density at radius 3 is 2.94 bits per heavy atom. The van der Waals surface area contributed by atoms with E-state index in [4.69, 9.17) is 5.73 Å². The topological polar surface area (TPSA) is 72.9 Å². The molecule has 1 aromatic rings. The van der Waals surface area contributed by atoms with Gasteiger partial charge in [0.05, 0.1) is 11.9 Å². The molecule has 1 amide bonds. The van der Waals surface area contributed by atoms with Crippen LogP contribution in [0.2, 0.25) is 0 Å². The van der Waals surface area contributed by atoms with Crippen LogP contribution in [0.15, 0.2) is 18.7 Å². The number of carbonyl (C=O) groups excluding carboxylic acids is 1. The summed E-state index contributed by atoms with van der Waals surface area (Å²) in [5.74, 6) is 0.371. The summed E-state index contributed by atoms with van der Waals surface area (Å²) in [6, 6.07) is 0. The molecule has 100 valence electrons. The number of hydrogen-bond acceptors (Lipinski definition) is 3. The molecule has 5 nitrogen and oxygen atoms in total. The second-order valence-corrected chi connectivity index (χ2v) is 5.32. The van der Waals surface area contributed by atoms with Gasteiger partial charge in [-0.25, -0.2) is 4.98 Å². The van der Waals surface area contributed by atoms with Crippen LogP contribution in [-0.2, 0) is 11.3 Å². The SMILES string of the molecule is CC(N)(C(=O)NCCCCn1ccnc1)C1CC1. The quantitative estimate of drug-likeness (QED) is 0.706. The molecule has 3 N–H and O–H groups in total. The number of nitrogens with one attached hydrogen (secondary N) is 1. The monoisotopic (exact) mass is 250 g/mol. The third-order valence-electron chi connectivity index (χ3n) is 3.60. The molecule has 18 heavy (non-hydrogen) atoms. The number of imidazole rings is 1. The summed E-state index contributed by atoms with van der Waals surface area (Å²) < 4.78 is 2.04. The second kappa shape index (κ2) is 5.52. The highest BCUT2D eigenvalue weighted by Crippen LogP contribution is 2.38. The molecule has 1 aliphatic rings. The number of unbranched alkanes of at least 4 members (excludes halogenated alkanes) is 1. The van der Waals surface area contributed by atoms with Crippen LogP contribution in [0.4, 0.5) is 0 Å². The van der Waals surface area contributed by atoms with Crippen molar-refractivity contribution in [3.05, 3.63) is 18.7 Å². The zero-order valence-electron chi connectivity index (χ0n) is 10.9. The van der Waals surface area contributed by atoms with E-state index in [-0.39, 0.29) is 5.91 Å². The Balaban J connectivity index is 1.59. The number of nitrogens with zero attached hydrogens (tertiary/aromatic N) is 2. The molecule has 1 aromatic heterocycles. The first-order valence-electron chi connectivity index (χ1n) is 6.63. The Morgan fingerprint density at radius 2 is 2.33 bits per heavy atom. The number of amides is 1. The van der Waals surface area contributed by atoms with Crippen molar-refractivity contribution in [2.24, 2.45) is 11.7 Å². The minimum atomic E-state index is -0.676. The summed E-state index contributed by atoms with van der Waals surface area (Å²) >= 11 is 0. The molecule has 0 bridgehead atoms. The molecule has 1 atom stereocenters. The number of hydrogen-bond donors (Lipinski definition) is 2. The van der Waals surface area contributed by atoms with Crippen LogP contribution in [0.1, 0.15) is 32.6 Å². The molecule has 1 aliphatic carbocycles. The van der Waals surface area contributed by atoms with Gasteiger partial charge < -0.3 is 15.6 Å². The van der Waals surface area contributed by atoms with Crippen molar-refractivity contribution < 1.29 is 4.79 Å².